The molecule has 1 amide bonds. The fourth-order valence-electron chi connectivity index (χ4n) is 4.73. The molecule has 1 aliphatic heterocycles. The molecule has 2 aromatic heterocycles. The lowest BCUT2D eigenvalue weighted by Gasteiger charge is -2.30. The Hall–Kier alpha value is -2.50. The number of hydrogen-bond donors (Lipinski definition) is 0. The van der Waals surface area contributed by atoms with Gasteiger partial charge in [-0.1, -0.05) is 23.2 Å². The molecule has 4 nitrogen and oxygen atoms in total. The molecule has 1 aliphatic carbocycles. The van der Waals surface area contributed by atoms with Gasteiger partial charge in [0.25, 0.3) is 0 Å². The second kappa shape index (κ2) is 9.16. The summed E-state index contributed by atoms with van der Waals surface area (Å²) in [5, 5.41) is 0.768. The smallest absolute Gasteiger partial charge is 0.227 e. The molecule has 0 atom stereocenters. The zero-order chi connectivity index (χ0) is 22.1. The summed E-state index contributed by atoms with van der Waals surface area (Å²) in [6, 6.07) is 12.2. The third kappa shape index (κ3) is 4.37. The van der Waals surface area contributed by atoms with Gasteiger partial charge in [0.15, 0.2) is 0 Å². The van der Waals surface area contributed by atoms with E-state index in [9.17, 15) is 4.79 Å². The van der Waals surface area contributed by atoms with Crippen LogP contribution in [0.15, 0.2) is 65.0 Å². The van der Waals surface area contributed by atoms with Crippen LogP contribution in [0.1, 0.15) is 40.8 Å². The number of amides is 1. The third-order valence-electron chi connectivity index (χ3n) is 6.35. The van der Waals surface area contributed by atoms with E-state index < -0.39 is 0 Å². The Balaban J connectivity index is 1.46. The van der Waals surface area contributed by atoms with Gasteiger partial charge in [0.1, 0.15) is 0 Å². The average molecular weight is 509 g/mol. The molecule has 5 rings (SSSR count). The normalized spacial score (nSPS) is 15.8. The highest BCUT2D eigenvalue weighted by Crippen LogP contribution is 2.39. The maximum atomic E-state index is 12.8. The zero-order valence-corrected chi connectivity index (χ0v) is 20.0. The maximum absolute atomic E-state index is 12.8. The molecule has 2 aliphatic rings. The number of rotatable bonds is 2. The quantitative estimate of drug-likeness (QED) is 0.449. The molecule has 6 heteroatoms. The van der Waals surface area contributed by atoms with E-state index in [1.807, 2.05) is 29.3 Å². The van der Waals surface area contributed by atoms with Crippen LogP contribution >= 0.6 is 27.5 Å². The van der Waals surface area contributed by atoms with E-state index in [-0.39, 0.29) is 5.91 Å². The molecule has 3 aromatic rings. The van der Waals surface area contributed by atoms with E-state index >= 15 is 0 Å². The van der Waals surface area contributed by atoms with Crippen molar-refractivity contribution in [2.24, 2.45) is 0 Å². The second-order valence-electron chi connectivity index (χ2n) is 8.35. The summed E-state index contributed by atoms with van der Waals surface area (Å²) in [5.74, 6) is 0.177. The largest absolute Gasteiger partial charge is 0.342 e. The van der Waals surface area contributed by atoms with Crippen molar-refractivity contribution < 1.29 is 4.79 Å². The van der Waals surface area contributed by atoms with Crippen LogP contribution in [0.3, 0.4) is 0 Å². The molecule has 0 saturated carbocycles. The van der Waals surface area contributed by atoms with Gasteiger partial charge >= 0.3 is 0 Å². The van der Waals surface area contributed by atoms with Gasteiger partial charge in [-0.15, -0.1) is 0 Å². The van der Waals surface area contributed by atoms with Crippen molar-refractivity contribution in [3.63, 3.8) is 0 Å². The Kier molecular flexibility index (Phi) is 6.11. The van der Waals surface area contributed by atoms with Gasteiger partial charge in [-0.05, 0) is 94.2 Å². The van der Waals surface area contributed by atoms with Gasteiger partial charge in [0.05, 0.1) is 12.1 Å². The number of carbonyl (C=O) groups is 1. The van der Waals surface area contributed by atoms with Gasteiger partial charge in [-0.3, -0.25) is 14.8 Å². The van der Waals surface area contributed by atoms with Crippen LogP contribution < -0.4 is 0 Å². The van der Waals surface area contributed by atoms with Crippen LogP contribution in [0.5, 0.6) is 0 Å². The van der Waals surface area contributed by atoms with E-state index in [4.69, 9.17) is 16.6 Å². The Morgan fingerprint density at radius 3 is 2.53 bits per heavy atom. The molecule has 1 fully saturated rings. The average Bonchev–Trinajstić information content (AvgIpc) is 2.96. The molecule has 32 heavy (non-hydrogen) atoms. The number of pyridine rings is 2. The van der Waals surface area contributed by atoms with Crippen molar-refractivity contribution in [1.82, 2.24) is 14.9 Å². The highest BCUT2D eigenvalue weighted by Gasteiger charge is 2.26. The number of fused-ring (bicyclic) bond motifs is 2. The third-order valence-corrected chi connectivity index (χ3v) is 7.02. The van der Waals surface area contributed by atoms with Crippen LogP contribution in [0, 0.1) is 0 Å². The highest BCUT2D eigenvalue weighted by atomic mass is 79.9. The van der Waals surface area contributed by atoms with E-state index in [2.05, 4.69) is 39.1 Å². The molecular weight excluding hydrogens is 486 g/mol. The van der Waals surface area contributed by atoms with E-state index in [0.29, 0.717) is 6.42 Å². The Morgan fingerprint density at radius 2 is 1.75 bits per heavy atom. The van der Waals surface area contributed by atoms with Crippen molar-refractivity contribution in [3.05, 3.63) is 98.0 Å². The predicted octanol–water partition coefficient (Wildman–Crippen LogP) is 5.66. The van der Waals surface area contributed by atoms with Gasteiger partial charge in [0.2, 0.25) is 5.91 Å². The molecule has 0 unspecified atom stereocenters. The van der Waals surface area contributed by atoms with Gasteiger partial charge < -0.3 is 4.90 Å². The van der Waals surface area contributed by atoms with Crippen LogP contribution in [0.2, 0.25) is 5.02 Å². The predicted molar refractivity (Wildman–Crippen MR) is 131 cm³/mol. The van der Waals surface area contributed by atoms with Crippen molar-refractivity contribution in [2.75, 3.05) is 13.1 Å². The fraction of sp³-hybridized carbons (Fsp3) is 0.269. The minimum absolute atomic E-state index is 0.177. The van der Waals surface area contributed by atoms with Crippen molar-refractivity contribution >= 4 is 39.0 Å². The number of likely N-dealkylation sites (tertiary alicyclic amines) is 1. The Labute approximate surface area is 201 Å². The number of piperidine rings is 1. The minimum Gasteiger partial charge on any atom is -0.342 e. The number of benzene rings is 1. The van der Waals surface area contributed by atoms with Crippen molar-refractivity contribution in [1.29, 1.82) is 0 Å². The Bertz CT molecular complexity index is 1140. The number of aromatic nitrogens is 2. The summed E-state index contributed by atoms with van der Waals surface area (Å²) < 4.78 is 1.00. The van der Waals surface area contributed by atoms with Gasteiger partial charge in [-0.25, -0.2) is 0 Å². The van der Waals surface area contributed by atoms with Crippen LogP contribution in [-0.2, 0) is 24.1 Å². The van der Waals surface area contributed by atoms with Gasteiger partial charge in [0, 0.05) is 46.7 Å². The first-order valence-electron chi connectivity index (χ1n) is 10.9. The SMILES string of the molecule is O=C(Cc1ccncc1)N1CCC(=C2c3ccc(Cl)cc3CCc3cc(Br)cnc32)CC1. The first kappa shape index (κ1) is 21.4. The molecule has 0 N–H and O–H groups in total. The van der Waals surface area contributed by atoms with Crippen molar-refractivity contribution in [2.45, 2.75) is 32.1 Å². The molecule has 1 aromatic carbocycles. The number of carbonyl (C=O) groups excluding carboxylic acids is 1. The molecule has 1 saturated heterocycles. The maximum Gasteiger partial charge on any atom is 0.227 e. The number of halogens is 2. The summed E-state index contributed by atoms with van der Waals surface area (Å²) in [7, 11) is 0. The van der Waals surface area contributed by atoms with E-state index in [1.165, 1.54) is 27.8 Å². The van der Waals surface area contributed by atoms with Crippen LogP contribution in [0.25, 0.3) is 5.57 Å². The monoisotopic (exact) mass is 507 g/mol. The number of aryl methyl sites for hydroxylation is 2. The lowest BCUT2D eigenvalue weighted by atomic mass is 9.88. The number of nitrogens with zero attached hydrogens (tertiary/aromatic N) is 3. The van der Waals surface area contributed by atoms with Gasteiger partial charge in [-0.2, -0.15) is 0 Å². The summed E-state index contributed by atoms with van der Waals surface area (Å²) >= 11 is 9.91. The standard InChI is InChI=1S/C26H23BrClN3O/c27-21-14-20-2-1-19-15-22(28)3-4-23(19)25(26(20)30-16-21)18-7-11-31(12-8-18)24(32)13-17-5-9-29-10-6-17/h3-6,9-10,14-16H,1-2,7-8,11-13H2. The van der Waals surface area contributed by atoms with E-state index in [0.717, 1.165) is 59.5 Å². The molecule has 0 radical (unpaired) electrons. The van der Waals surface area contributed by atoms with E-state index in [1.54, 1.807) is 12.4 Å². The summed E-state index contributed by atoms with van der Waals surface area (Å²) in [6.07, 6.45) is 9.37. The lowest BCUT2D eigenvalue weighted by Crippen LogP contribution is -2.37. The summed E-state index contributed by atoms with van der Waals surface area (Å²) in [5.41, 5.74) is 8.44. The number of hydrogen-bond acceptors (Lipinski definition) is 3. The topological polar surface area (TPSA) is 46.1 Å². The highest BCUT2D eigenvalue weighted by molar-refractivity contribution is 9.10. The van der Waals surface area contributed by atoms with Crippen LogP contribution in [-0.4, -0.2) is 33.9 Å². The van der Waals surface area contributed by atoms with Crippen molar-refractivity contribution in [3.8, 4) is 0 Å². The Morgan fingerprint density at radius 1 is 1.00 bits per heavy atom. The second-order valence-corrected chi connectivity index (χ2v) is 9.71. The molecule has 162 valence electrons. The molecule has 3 heterocycles. The molecule has 0 spiro atoms. The summed E-state index contributed by atoms with van der Waals surface area (Å²) in [4.78, 5) is 23.7. The zero-order valence-electron chi connectivity index (χ0n) is 17.7. The van der Waals surface area contributed by atoms with Crippen LogP contribution in [0.4, 0.5) is 0 Å². The first-order valence-corrected chi connectivity index (χ1v) is 12.1. The fourth-order valence-corrected chi connectivity index (χ4v) is 5.30. The minimum atomic E-state index is 0.177. The first-order chi connectivity index (χ1) is 15.6. The molecule has 0 bridgehead atoms. The summed E-state index contributed by atoms with van der Waals surface area (Å²) in [6.45, 7) is 1.47. The lowest BCUT2D eigenvalue weighted by molar-refractivity contribution is -0.130. The molecular formula is C26H23BrClN3O.